The van der Waals surface area contributed by atoms with Crippen molar-refractivity contribution in [1.82, 2.24) is 0 Å². The van der Waals surface area contributed by atoms with Crippen LogP contribution in [0.4, 0.5) is 4.39 Å². The van der Waals surface area contributed by atoms with Gasteiger partial charge in [0.15, 0.2) is 17.4 Å². The minimum absolute atomic E-state index is 0.0459. The SMILES string of the molecule is Cc1cc(/C(N)=N/O)ccc1COc1ccc(Br)cc1F. The molecular weight excluding hydrogens is 339 g/mol. The predicted octanol–water partition coefficient (Wildman–Crippen LogP) is 3.57. The fourth-order valence-corrected chi connectivity index (χ4v) is 2.16. The largest absolute Gasteiger partial charge is 0.486 e. The van der Waals surface area contributed by atoms with Gasteiger partial charge in [-0.15, -0.1) is 0 Å². The molecule has 0 radical (unpaired) electrons. The summed E-state index contributed by atoms with van der Waals surface area (Å²) in [5.74, 6) is -0.182. The molecule has 0 unspecified atom stereocenters. The van der Waals surface area contributed by atoms with Crippen molar-refractivity contribution in [2.45, 2.75) is 13.5 Å². The third kappa shape index (κ3) is 3.72. The van der Waals surface area contributed by atoms with Crippen LogP contribution >= 0.6 is 15.9 Å². The number of hydrogen-bond donors (Lipinski definition) is 2. The predicted molar refractivity (Wildman–Crippen MR) is 82.1 cm³/mol. The lowest BCUT2D eigenvalue weighted by Crippen LogP contribution is -2.13. The zero-order valence-electron chi connectivity index (χ0n) is 11.3. The average Bonchev–Trinajstić information content (AvgIpc) is 2.46. The van der Waals surface area contributed by atoms with Gasteiger partial charge in [-0.05, 0) is 42.3 Å². The number of amidine groups is 1. The second kappa shape index (κ2) is 6.58. The Morgan fingerprint density at radius 1 is 1.33 bits per heavy atom. The monoisotopic (exact) mass is 352 g/mol. The van der Waals surface area contributed by atoms with Crippen molar-refractivity contribution in [2.24, 2.45) is 10.9 Å². The quantitative estimate of drug-likeness (QED) is 0.382. The van der Waals surface area contributed by atoms with Gasteiger partial charge < -0.3 is 15.7 Å². The number of hydrogen-bond acceptors (Lipinski definition) is 3. The van der Waals surface area contributed by atoms with Crippen molar-refractivity contribution >= 4 is 21.8 Å². The van der Waals surface area contributed by atoms with Crippen molar-refractivity contribution in [3.63, 3.8) is 0 Å². The molecule has 0 aromatic heterocycles. The van der Waals surface area contributed by atoms with Gasteiger partial charge in [0, 0.05) is 10.0 Å². The molecule has 0 amide bonds. The fraction of sp³-hybridized carbons (Fsp3) is 0.133. The van der Waals surface area contributed by atoms with Crippen LogP contribution in [0.1, 0.15) is 16.7 Å². The Kier molecular flexibility index (Phi) is 4.80. The summed E-state index contributed by atoms with van der Waals surface area (Å²) in [5, 5.41) is 11.6. The molecule has 0 aliphatic carbocycles. The van der Waals surface area contributed by atoms with Gasteiger partial charge in [0.2, 0.25) is 0 Å². The number of nitrogens with two attached hydrogens (primary N) is 1. The Morgan fingerprint density at radius 2 is 2.10 bits per heavy atom. The first-order valence-corrected chi connectivity index (χ1v) is 6.96. The van der Waals surface area contributed by atoms with Crippen LogP contribution in [0.2, 0.25) is 0 Å². The van der Waals surface area contributed by atoms with E-state index in [0.29, 0.717) is 10.0 Å². The Morgan fingerprint density at radius 3 is 2.71 bits per heavy atom. The second-order valence-corrected chi connectivity index (χ2v) is 5.41. The summed E-state index contributed by atoms with van der Waals surface area (Å²) in [6.07, 6.45) is 0. The van der Waals surface area contributed by atoms with Gasteiger partial charge in [0.25, 0.3) is 0 Å². The highest BCUT2D eigenvalue weighted by Crippen LogP contribution is 2.23. The molecule has 0 saturated heterocycles. The lowest BCUT2D eigenvalue weighted by molar-refractivity contribution is 0.289. The van der Waals surface area contributed by atoms with Gasteiger partial charge in [-0.2, -0.15) is 0 Å². The molecule has 0 bridgehead atoms. The molecule has 3 N–H and O–H groups in total. The van der Waals surface area contributed by atoms with Gasteiger partial charge in [0.05, 0.1) is 0 Å². The summed E-state index contributed by atoms with van der Waals surface area (Å²) < 4.78 is 19.8. The zero-order valence-corrected chi connectivity index (χ0v) is 12.9. The summed E-state index contributed by atoms with van der Waals surface area (Å²) >= 11 is 3.19. The molecule has 0 aliphatic heterocycles. The summed E-state index contributed by atoms with van der Waals surface area (Å²) in [6.45, 7) is 2.12. The highest BCUT2D eigenvalue weighted by Gasteiger charge is 2.07. The number of rotatable bonds is 4. The van der Waals surface area contributed by atoms with Crippen molar-refractivity contribution < 1.29 is 14.3 Å². The summed E-state index contributed by atoms with van der Waals surface area (Å²) in [5.41, 5.74) is 7.95. The molecule has 2 rings (SSSR count). The van der Waals surface area contributed by atoms with E-state index in [9.17, 15) is 4.39 Å². The molecule has 0 atom stereocenters. The Bertz CT molecular complexity index is 689. The van der Waals surface area contributed by atoms with Crippen LogP contribution in [0.3, 0.4) is 0 Å². The van der Waals surface area contributed by atoms with Crippen LogP contribution in [-0.4, -0.2) is 11.0 Å². The number of halogens is 2. The lowest BCUT2D eigenvalue weighted by atomic mass is 10.1. The third-order valence-corrected chi connectivity index (χ3v) is 3.52. The molecule has 0 fully saturated rings. The van der Waals surface area contributed by atoms with Crippen LogP contribution < -0.4 is 10.5 Å². The molecule has 0 aliphatic rings. The lowest BCUT2D eigenvalue weighted by Gasteiger charge is -2.11. The van der Waals surface area contributed by atoms with Gasteiger partial charge in [0.1, 0.15) is 6.61 Å². The third-order valence-electron chi connectivity index (χ3n) is 3.02. The highest BCUT2D eigenvalue weighted by molar-refractivity contribution is 9.10. The van der Waals surface area contributed by atoms with E-state index in [0.717, 1.165) is 11.1 Å². The van der Waals surface area contributed by atoms with E-state index in [4.69, 9.17) is 15.7 Å². The molecular formula is C15H14BrFN2O2. The van der Waals surface area contributed by atoms with Crippen molar-refractivity contribution in [3.8, 4) is 5.75 Å². The minimum atomic E-state index is -0.421. The maximum Gasteiger partial charge on any atom is 0.170 e. The number of ether oxygens (including phenoxy) is 1. The first kappa shape index (κ1) is 15.3. The average molecular weight is 353 g/mol. The summed E-state index contributed by atoms with van der Waals surface area (Å²) in [6, 6.07) is 9.94. The summed E-state index contributed by atoms with van der Waals surface area (Å²) in [7, 11) is 0. The van der Waals surface area contributed by atoms with E-state index in [-0.39, 0.29) is 18.2 Å². The molecule has 2 aromatic rings. The highest BCUT2D eigenvalue weighted by atomic mass is 79.9. The van der Waals surface area contributed by atoms with Gasteiger partial charge in [-0.3, -0.25) is 0 Å². The van der Waals surface area contributed by atoms with Crippen molar-refractivity contribution in [1.29, 1.82) is 0 Å². The van der Waals surface area contributed by atoms with Gasteiger partial charge in [-0.1, -0.05) is 33.2 Å². The summed E-state index contributed by atoms with van der Waals surface area (Å²) in [4.78, 5) is 0. The minimum Gasteiger partial charge on any atom is -0.486 e. The first-order valence-electron chi connectivity index (χ1n) is 6.16. The van der Waals surface area contributed by atoms with E-state index < -0.39 is 5.82 Å². The molecule has 0 spiro atoms. The fourth-order valence-electron chi connectivity index (χ4n) is 1.82. The van der Waals surface area contributed by atoms with Crippen LogP contribution in [0, 0.1) is 12.7 Å². The van der Waals surface area contributed by atoms with Crippen LogP contribution in [0.25, 0.3) is 0 Å². The molecule has 0 saturated carbocycles. The standard InChI is InChI=1S/C15H14BrFN2O2/c1-9-6-10(15(18)19-20)2-3-11(9)8-21-14-5-4-12(16)7-13(14)17/h2-7,20H,8H2,1H3,(H2,18,19). The number of benzene rings is 2. The molecule has 0 heterocycles. The van der Waals surface area contributed by atoms with E-state index >= 15 is 0 Å². The number of oxime groups is 1. The second-order valence-electron chi connectivity index (χ2n) is 4.49. The van der Waals surface area contributed by atoms with E-state index in [1.807, 2.05) is 6.92 Å². The topological polar surface area (TPSA) is 67.8 Å². The molecule has 110 valence electrons. The van der Waals surface area contributed by atoms with Gasteiger partial charge in [-0.25, -0.2) is 4.39 Å². The molecule has 4 nitrogen and oxygen atoms in total. The Balaban J connectivity index is 2.13. The molecule has 21 heavy (non-hydrogen) atoms. The van der Waals surface area contributed by atoms with Crippen LogP contribution in [-0.2, 0) is 6.61 Å². The zero-order chi connectivity index (χ0) is 15.4. The number of nitrogens with zero attached hydrogens (tertiary/aromatic N) is 1. The maximum atomic E-state index is 13.7. The van der Waals surface area contributed by atoms with E-state index in [2.05, 4.69) is 21.1 Å². The number of aryl methyl sites for hydroxylation is 1. The van der Waals surface area contributed by atoms with Crippen molar-refractivity contribution in [2.75, 3.05) is 0 Å². The normalized spacial score (nSPS) is 11.5. The smallest absolute Gasteiger partial charge is 0.170 e. The van der Waals surface area contributed by atoms with Crippen molar-refractivity contribution in [3.05, 3.63) is 63.4 Å². The molecule has 2 aromatic carbocycles. The molecule has 6 heteroatoms. The van der Waals surface area contributed by atoms with E-state index in [1.165, 1.54) is 6.07 Å². The Hall–Kier alpha value is -2.08. The Labute approximate surface area is 130 Å². The van der Waals surface area contributed by atoms with E-state index in [1.54, 1.807) is 30.3 Å². The van der Waals surface area contributed by atoms with Crippen LogP contribution in [0.15, 0.2) is 46.0 Å². The van der Waals surface area contributed by atoms with Gasteiger partial charge >= 0.3 is 0 Å². The maximum absolute atomic E-state index is 13.7. The van der Waals surface area contributed by atoms with Crippen LogP contribution in [0.5, 0.6) is 5.75 Å². The first-order chi connectivity index (χ1) is 10.0.